The van der Waals surface area contributed by atoms with E-state index in [0.29, 0.717) is 18.3 Å². The molecule has 0 aromatic carbocycles. The van der Waals surface area contributed by atoms with E-state index >= 15 is 0 Å². The first kappa shape index (κ1) is 21.3. The summed E-state index contributed by atoms with van der Waals surface area (Å²) < 4.78 is 14.9. The van der Waals surface area contributed by atoms with Crippen LogP contribution in [0.1, 0.15) is 80.1 Å². The topological polar surface area (TPSA) is 0 Å². The minimum Gasteiger partial charge on any atom is -0.247 e. The highest BCUT2D eigenvalue weighted by atomic mass is 19.1. The molecule has 3 aliphatic carbocycles. The molecule has 0 aliphatic heterocycles. The van der Waals surface area contributed by atoms with Gasteiger partial charge in [0.15, 0.2) is 0 Å². The average Bonchev–Trinajstić information content (AvgIpc) is 2.59. The van der Waals surface area contributed by atoms with E-state index in [-0.39, 0.29) is 16.7 Å². The minimum atomic E-state index is -0.650. The Morgan fingerprint density at radius 1 is 1.15 bits per heavy atom. The summed E-state index contributed by atoms with van der Waals surface area (Å²) in [5, 5.41) is 0. The first-order valence-electron chi connectivity index (χ1n) is 10.5. The number of alkyl halides is 1. The van der Waals surface area contributed by atoms with Crippen molar-refractivity contribution in [3.63, 3.8) is 0 Å². The van der Waals surface area contributed by atoms with Crippen molar-refractivity contribution in [3.05, 3.63) is 23.3 Å². The first-order valence-corrected chi connectivity index (χ1v) is 10.5. The molecule has 2 bridgehead atoms. The Morgan fingerprint density at radius 3 is 2.35 bits per heavy atom. The lowest BCUT2D eigenvalue weighted by molar-refractivity contribution is -0.00278. The molecule has 0 aromatic rings. The predicted molar refractivity (Wildman–Crippen MR) is 112 cm³/mol. The zero-order chi connectivity index (χ0) is 19.9. The van der Waals surface area contributed by atoms with Gasteiger partial charge in [-0.2, -0.15) is 0 Å². The van der Waals surface area contributed by atoms with Crippen molar-refractivity contribution in [2.24, 2.45) is 34.5 Å². The van der Waals surface area contributed by atoms with E-state index in [9.17, 15) is 4.39 Å². The van der Waals surface area contributed by atoms with E-state index in [4.69, 9.17) is 0 Å². The Kier molecular flexibility index (Phi) is 6.16. The molecule has 0 aromatic heterocycles. The maximum atomic E-state index is 14.9. The van der Waals surface area contributed by atoms with Gasteiger partial charge >= 0.3 is 0 Å². The number of rotatable bonds is 1. The van der Waals surface area contributed by atoms with Crippen molar-refractivity contribution >= 4 is 0 Å². The molecule has 3 aliphatic rings. The molecule has 0 spiro atoms. The summed E-state index contributed by atoms with van der Waals surface area (Å²) in [6, 6.07) is 0. The van der Waals surface area contributed by atoms with Gasteiger partial charge in [-0.25, -0.2) is 4.39 Å². The lowest BCUT2D eigenvalue weighted by Crippen LogP contribution is -2.48. The van der Waals surface area contributed by atoms with E-state index in [1.165, 1.54) is 24.8 Å². The molecule has 26 heavy (non-hydrogen) atoms. The number of allylic oxidation sites excluding steroid dienone is 3. The van der Waals surface area contributed by atoms with E-state index in [1.807, 2.05) is 0 Å². The molecule has 0 nitrogen and oxygen atoms in total. The Balaban J connectivity index is 0.00000117. The highest BCUT2D eigenvalue weighted by Crippen LogP contribution is 2.61. The van der Waals surface area contributed by atoms with Crippen molar-refractivity contribution < 1.29 is 4.39 Å². The van der Waals surface area contributed by atoms with Gasteiger partial charge in [0.05, 0.1) is 0 Å². The van der Waals surface area contributed by atoms with Crippen LogP contribution in [0.2, 0.25) is 0 Å². The largest absolute Gasteiger partial charge is 0.247 e. The van der Waals surface area contributed by atoms with Crippen LogP contribution >= 0.6 is 0 Å². The van der Waals surface area contributed by atoms with Gasteiger partial charge in [-0.1, -0.05) is 64.3 Å². The number of hydrogen-bond acceptors (Lipinski definition) is 0. The second-order valence-electron chi connectivity index (χ2n) is 9.87. The van der Waals surface area contributed by atoms with Gasteiger partial charge in [0.25, 0.3) is 0 Å². The van der Waals surface area contributed by atoms with E-state index in [0.717, 1.165) is 18.8 Å². The SMILES string of the molecule is C#C.C=C1[C@H](C)C2=C(C)CC[C@@H](CC3C[C@H](CC)[C@H](F)C[C@@]13C)C2(C)C. The number of halogens is 1. The van der Waals surface area contributed by atoms with Crippen LogP contribution in [-0.4, -0.2) is 6.17 Å². The monoisotopic (exact) mass is 358 g/mol. The summed E-state index contributed by atoms with van der Waals surface area (Å²) in [5.74, 6) is 1.99. The standard InChI is InChI=1S/C23H37F.C2H2/c1-8-17-11-19-12-18-10-9-14(2)21(22(18,5)6)15(3)16(4)23(19,7)13-20(17)24;1-2/h15,17-20H,4,8-13H2,1-3,5-7H3;1-2H/t15-,17-,18-,19?,20+,23-;/m0./s1. The van der Waals surface area contributed by atoms with Crippen LogP contribution in [0.25, 0.3) is 0 Å². The van der Waals surface area contributed by atoms with Crippen LogP contribution in [0, 0.1) is 47.3 Å². The molecule has 0 radical (unpaired) electrons. The fourth-order valence-electron chi connectivity index (χ4n) is 6.69. The summed E-state index contributed by atoms with van der Waals surface area (Å²) in [6.07, 6.45) is 13.9. The van der Waals surface area contributed by atoms with Crippen molar-refractivity contribution in [1.82, 2.24) is 0 Å². The molecule has 2 saturated carbocycles. The van der Waals surface area contributed by atoms with E-state index < -0.39 is 6.17 Å². The van der Waals surface area contributed by atoms with Gasteiger partial charge in [0.2, 0.25) is 0 Å². The minimum absolute atomic E-state index is 0.0257. The second kappa shape index (κ2) is 7.53. The van der Waals surface area contributed by atoms with Crippen molar-refractivity contribution in [3.8, 4) is 12.8 Å². The van der Waals surface area contributed by atoms with E-state index in [1.54, 1.807) is 11.1 Å². The number of fused-ring (bicyclic) bond motifs is 3. The maximum absolute atomic E-state index is 14.9. The molecule has 1 heteroatoms. The molecule has 0 N–H and O–H groups in total. The lowest BCUT2D eigenvalue weighted by atomic mass is 9.49. The van der Waals surface area contributed by atoms with Crippen LogP contribution in [0.15, 0.2) is 23.3 Å². The molecule has 6 atom stereocenters. The molecule has 0 heterocycles. The smallest absolute Gasteiger partial charge is 0.104 e. The van der Waals surface area contributed by atoms with E-state index in [2.05, 4.69) is 61.0 Å². The lowest BCUT2D eigenvalue weighted by Gasteiger charge is -2.56. The van der Waals surface area contributed by atoms with Crippen LogP contribution in [0.4, 0.5) is 4.39 Å². The third-order valence-electron chi connectivity index (χ3n) is 8.44. The number of hydrogen-bond donors (Lipinski definition) is 0. The van der Waals surface area contributed by atoms with Crippen molar-refractivity contribution in [2.45, 2.75) is 86.2 Å². The summed E-state index contributed by atoms with van der Waals surface area (Å²) in [4.78, 5) is 0. The fraction of sp³-hybridized carbons (Fsp3) is 0.760. The Morgan fingerprint density at radius 2 is 1.77 bits per heavy atom. The predicted octanol–water partition coefficient (Wildman–Crippen LogP) is 7.37. The summed E-state index contributed by atoms with van der Waals surface area (Å²) >= 11 is 0. The Hall–Kier alpha value is -1.03. The molecular formula is C25H39F. The highest BCUT2D eigenvalue weighted by Gasteiger charge is 2.53. The van der Waals surface area contributed by atoms with Gasteiger partial charge in [0, 0.05) is 0 Å². The Bertz CT molecular complexity index is 593. The van der Waals surface area contributed by atoms with Gasteiger partial charge in [0.1, 0.15) is 6.17 Å². The van der Waals surface area contributed by atoms with Gasteiger partial charge < -0.3 is 0 Å². The maximum Gasteiger partial charge on any atom is 0.104 e. The zero-order valence-electron chi connectivity index (χ0n) is 17.9. The van der Waals surface area contributed by atoms with Crippen LogP contribution < -0.4 is 0 Å². The molecular weight excluding hydrogens is 319 g/mol. The molecule has 0 amide bonds. The van der Waals surface area contributed by atoms with Gasteiger partial charge in [-0.3, -0.25) is 0 Å². The average molecular weight is 359 g/mol. The first-order chi connectivity index (χ1) is 12.1. The quantitative estimate of drug-likeness (QED) is 0.339. The Labute approximate surface area is 161 Å². The molecule has 1 unspecified atom stereocenters. The third kappa shape index (κ3) is 3.19. The molecule has 3 rings (SSSR count). The number of terminal acetylenes is 1. The van der Waals surface area contributed by atoms with Crippen molar-refractivity contribution in [2.75, 3.05) is 0 Å². The van der Waals surface area contributed by atoms with Crippen molar-refractivity contribution in [1.29, 1.82) is 0 Å². The zero-order valence-corrected chi connectivity index (χ0v) is 17.9. The highest BCUT2D eigenvalue weighted by molar-refractivity contribution is 5.36. The molecule has 2 fully saturated rings. The van der Waals surface area contributed by atoms with Gasteiger partial charge in [-0.15, -0.1) is 12.8 Å². The van der Waals surface area contributed by atoms with Crippen LogP contribution in [-0.2, 0) is 0 Å². The third-order valence-corrected chi connectivity index (χ3v) is 8.44. The fourth-order valence-corrected chi connectivity index (χ4v) is 6.69. The second-order valence-corrected chi connectivity index (χ2v) is 9.87. The summed E-state index contributed by atoms with van der Waals surface area (Å²) in [7, 11) is 0. The van der Waals surface area contributed by atoms with Gasteiger partial charge in [-0.05, 0) is 73.5 Å². The normalized spacial score (nSPS) is 42.0. The molecule has 0 saturated heterocycles. The summed E-state index contributed by atoms with van der Waals surface area (Å²) in [6.45, 7) is 18.7. The van der Waals surface area contributed by atoms with Crippen LogP contribution in [0.3, 0.4) is 0 Å². The van der Waals surface area contributed by atoms with Crippen LogP contribution in [0.5, 0.6) is 0 Å². The molecule has 146 valence electrons. The summed E-state index contributed by atoms with van der Waals surface area (Å²) in [5.41, 5.74) is 4.75.